The smallest absolute Gasteiger partial charge is 0.416 e. The second-order valence-corrected chi connectivity index (χ2v) is 7.84. The normalized spacial score (nSPS) is 16.8. The molecular formula is C22H24F3N5O2. The Labute approximate surface area is 183 Å². The van der Waals surface area contributed by atoms with Gasteiger partial charge in [0.25, 0.3) is 0 Å². The third kappa shape index (κ3) is 4.91. The van der Waals surface area contributed by atoms with E-state index in [1.54, 1.807) is 17.9 Å². The van der Waals surface area contributed by atoms with E-state index in [9.17, 15) is 18.3 Å². The lowest BCUT2D eigenvalue weighted by atomic mass is 9.98. The average Bonchev–Trinajstić information content (AvgIpc) is 3.23. The summed E-state index contributed by atoms with van der Waals surface area (Å²) in [4.78, 5) is 2.03. The number of aliphatic hydroxyl groups is 1. The molecule has 10 heteroatoms. The molecular weight excluding hydrogens is 423 g/mol. The van der Waals surface area contributed by atoms with E-state index < -0.39 is 23.9 Å². The molecule has 1 aliphatic heterocycles. The summed E-state index contributed by atoms with van der Waals surface area (Å²) in [6.45, 7) is 1.41. The van der Waals surface area contributed by atoms with E-state index in [0.29, 0.717) is 43.9 Å². The summed E-state index contributed by atoms with van der Waals surface area (Å²) in [6, 6.07) is 12.1. The van der Waals surface area contributed by atoms with Gasteiger partial charge in [0.15, 0.2) is 5.82 Å². The first-order valence-corrected chi connectivity index (χ1v) is 10.3. The van der Waals surface area contributed by atoms with Gasteiger partial charge in [-0.3, -0.25) is 4.90 Å². The number of methoxy groups -OCH3 is 1. The van der Waals surface area contributed by atoms with Gasteiger partial charge in [-0.2, -0.15) is 13.2 Å². The highest BCUT2D eigenvalue weighted by Gasteiger charge is 2.34. The van der Waals surface area contributed by atoms with Crippen LogP contribution in [0.2, 0.25) is 0 Å². The number of piperidine rings is 1. The third-order valence-corrected chi connectivity index (χ3v) is 5.69. The minimum atomic E-state index is -4.45. The van der Waals surface area contributed by atoms with Crippen LogP contribution in [-0.4, -0.2) is 56.5 Å². The summed E-state index contributed by atoms with van der Waals surface area (Å²) < 4.78 is 47.0. The largest absolute Gasteiger partial charge is 0.497 e. The molecule has 2 heterocycles. The van der Waals surface area contributed by atoms with Gasteiger partial charge in [0, 0.05) is 13.1 Å². The quantitative estimate of drug-likeness (QED) is 0.625. The SMILES string of the molecule is COc1ccc(Cn2nnnc2[C@@H](c2cccc(C(F)(F)F)c2)N2CCC(O)CC2)cc1. The predicted molar refractivity (Wildman–Crippen MR) is 110 cm³/mol. The van der Waals surface area contributed by atoms with Crippen molar-refractivity contribution in [3.63, 3.8) is 0 Å². The molecule has 2 aromatic carbocycles. The van der Waals surface area contributed by atoms with E-state index in [2.05, 4.69) is 15.5 Å². The zero-order valence-corrected chi connectivity index (χ0v) is 17.5. The molecule has 0 amide bonds. The molecule has 3 aromatic rings. The molecule has 32 heavy (non-hydrogen) atoms. The van der Waals surface area contributed by atoms with Crippen LogP contribution in [-0.2, 0) is 12.7 Å². The number of rotatable bonds is 6. The maximum absolute atomic E-state index is 13.4. The molecule has 0 spiro atoms. The first kappa shape index (κ1) is 22.2. The van der Waals surface area contributed by atoms with Crippen molar-refractivity contribution in [3.05, 3.63) is 71.0 Å². The van der Waals surface area contributed by atoms with E-state index in [1.807, 2.05) is 29.2 Å². The van der Waals surface area contributed by atoms with E-state index in [-0.39, 0.29) is 0 Å². The Bertz CT molecular complexity index is 1030. The van der Waals surface area contributed by atoms with Crippen LogP contribution in [0, 0.1) is 0 Å². The molecule has 1 saturated heterocycles. The van der Waals surface area contributed by atoms with Gasteiger partial charge in [-0.25, -0.2) is 4.68 Å². The Morgan fingerprint density at radius 1 is 1.12 bits per heavy atom. The highest BCUT2D eigenvalue weighted by Crippen LogP contribution is 2.35. The number of aliphatic hydroxyl groups excluding tert-OH is 1. The number of ether oxygens (including phenoxy) is 1. The molecule has 0 saturated carbocycles. The van der Waals surface area contributed by atoms with Crippen molar-refractivity contribution in [2.45, 2.75) is 37.7 Å². The van der Waals surface area contributed by atoms with Crippen LogP contribution >= 0.6 is 0 Å². The number of nitrogens with zero attached hydrogens (tertiary/aromatic N) is 5. The molecule has 0 bridgehead atoms. The summed E-state index contributed by atoms with van der Waals surface area (Å²) in [5, 5.41) is 22.0. The first-order chi connectivity index (χ1) is 15.3. The molecule has 1 atom stereocenters. The topological polar surface area (TPSA) is 76.3 Å². The zero-order valence-electron chi connectivity index (χ0n) is 17.5. The maximum atomic E-state index is 13.4. The molecule has 0 aliphatic carbocycles. The standard InChI is InChI=1S/C22H24F3N5O2/c1-32-19-7-5-15(6-8-19)14-30-21(26-27-28-30)20(29-11-9-18(31)10-12-29)16-3-2-4-17(13-16)22(23,24)25/h2-8,13,18,20,31H,9-12,14H2,1H3/t20-/m1/s1. The van der Waals surface area contributed by atoms with Gasteiger partial charge in [0.2, 0.25) is 0 Å². The number of aromatic nitrogens is 4. The fourth-order valence-electron chi connectivity index (χ4n) is 3.98. The number of tetrazole rings is 1. The van der Waals surface area contributed by atoms with Gasteiger partial charge < -0.3 is 9.84 Å². The van der Waals surface area contributed by atoms with Gasteiger partial charge in [0.1, 0.15) is 5.75 Å². The minimum absolute atomic E-state index is 0.359. The number of benzene rings is 2. The lowest BCUT2D eigenvalue weighted by molar-refractivity contribution is -0.137. The molecule has 1 aliphatic rings. The van der Waals surface area contributed by atoms with Crippen LogP contribution in [0.1, 0.15) is 41.4 Å². The zero-order chi connectivity index (χ0) is 22.7. The second-order valence-electron chi connectivity index (χ2n) is 7.84. The van der Waals surface area contributed by atoms with Crippen LogP contribution < -0.4 is 4.74 Å². The maximum Gasteiger partial charge on any atom is 0.416 e. The summed E-state index contributed by atoms with van der Waals surface area (Å²) in [6.07, 6.45) is -3.79. The van der Waals surface area contributed by atoms with E-state index >= 15 is 0 Å². The monoisotopic (exact) mass is 447 g/mol. The fraction of sp³-hybridized carbons (Fsp3) is 0.409. The minimum Gasteiger partial charge on any atom is -0.497 e. The molecule has 170 valence electrons. The van der Waals surface area contributed by atoms with Crippen molar-refractivity contribution in [1.82, 2.24) is 25.1 Å². The molecule has 0 unspecified atom stereocenters. The average molecular weight is 447 g/mol. The van der Waals surface area contributed by atoms with Gasteiger partial charge in [-0.05, 0) is 58.7 Å². The number of halogens is 3. The van der Waals surface area contributed by atoms with E-state index in [1.165, 1.54) is 6.07 Å². The Morgan fingerprint density at radius 3 is 2.50 bits per heavy atom. The molecule has 0 radical (unpaired) electrons. The number of alkyl halides is 3. The van der Waals surface area contributed by atoms with Crippen molar-refractivity contribution in [3.8, 4) is 5.75 Å². The molecule has 7 nitrogen and oxygen atoms in total. The summed E-state index contributed by atoms with van der Waals surface area (Å²) in [7, 11) is 1.59. The Hall–Kier alpha value is -2.98. The van der Waals surface area contributed by atoms with Crippen LogP contribution in [0.5, 0.6) is 5.75 Å². The summed E-state index contributed by atoms with van der Waals surface area (Å²) in [5.41, 5.74) is 0.671. The summed E-state index contributed by atoms with van der Waals surface area (Å²) in [5.74, 6) is 1.18. The van der Waals surface area contributed by atoms with Crippen LogP contribution in [0.4, 0.5) is 13.2 Å². The first-order valence-electron chi connectivity index (χ1n) is 10.3. The van der Waals surface area contributed by atoms with Crippen LogP contribution in [0.15, 0.2) is 48.5 Å². The Balaban J connectivity index is 1.70. The number of hydrogen-bond donors (Lipinski definition) is 1. The van der Waals surface area contributed by atoms with Crippen molar-refractivity contribution in [2.75, 3.05) is 20.2 Å². The van der Waals surface area contributed by atoms with E-state index in [4.69, 9.17) is 4.74 Å². The highest BCUT2D eigenvalue weighted by molar-refractivity contribution is 5.32. The van der Waals surface area contributed by atoms with Crippen molar-refractivity contribution in [2.24, 2.45) is 0 Å². The molecule has 1 N–H and O–H groups in total. The van der Waals surface area contributed by atoms with E-state index in [0.717, 1.165) is 23.4 Å². The van der Waals surface area contributed by atoms with Crippen molar-refractivity contribution < 1.29 is 23.0 Å². The third-order valence-electron chi connectivity index (χ3n) is 5.69. The highest BCUT2D eigenvalue weighted by atomic mass is 19.4. The summed E-state index contributed by atoms with van der Waals surface area (Å²) >= 11 is 0. The van der Waals surface area contributed by atoms with Gasteiger partial charge >= 0.3 is 6.18 Å². The van der Waals surface area contributed by atoms with Gasteiger partial charge in [-0.15, -0.1) is 5.10 Å². The van der Waals surface area contributed by atoms with Crippen LogP contribution in [0.25, 0.3) is 0 Å². The predicted octanol–water partition coefficient (Wildman–Crippen LogP) is 3.29. The van der Waals surface area contributed by atoms with Crippen molar-refractivity contribution in [1.29, 1.82) is 0 Å². The molecule has 4 rings (SSSR count). The van der Waals surface area contributed by atoms with Gasteiger partial charge in [-0.1, -0.05) is 24.3 Å². The Morgan fingerprint density at radius 2 is 1.84 bits per heavy atom. The lowest BCUT2D eigenvalue weighted by Gasteiger charge is -2.36. The van der Waals surface area contributed by atoms with Gasteiger partial charge in [0.05, 0.1) is 31.4 Å². The number of hydrogen-bond acceptors (Lipinski definition) is 6. The molecule has 1 fully saturated rings. The van der Waals surface area contributed by atoms with Crippen LogP contribution in [0.3, 0.4) is 0 Å². The number of likely N-dealkylation sites (tertiary alicyclic amines) is 1. The lowest BCUT2D eigenvalue weighted by Crippen LogP contribution is -2.40. The second kappa shape index (κ2) is 9.25. The fourth-order valence-corrected chi connectivity index (χ4v) is 3.98. The molecule has 1 aromatic heterocycles. The van der Waals surface area contributed by atoms with Crippen molar-refractivity contribution >= 4 is 0 Å². The Kier molecular flexibility index (Phi) is 6.43.